The van der Waals surface area contributed by atoms with Gasteiger partial charge in [-0.15, -0.1) is 0 Å². The van der Waals surface area contributed by atoms with Crippen LogP contribution in [0, 0.1) is 0 Å². The van der Waals surface area contributed by atoms with Crippen LogP contribution in [0.2, 0.25) is 0 Å². The zero-order valence-electron chi connectivity index (χ0n) is 8.41. The van der Waals surface area contributed by atoms with Crippen molar-refractivity contribution in [3.63, 3.8) is 0 Å². The molecule has 0 saturated carbocycles. The van der Waals surface area contributed by atoms with Crippen LogP contribution in [0.4, 0.5) is 4.39 Å². The lowest BCUT2D eigenvalue weighted by atomic mass is 9.88. The second-order valence-electron chi connectivity index (χ2n) is 3.66. The molecule has 1 aromatic rings. The second kappa shape index (κ2) is 4.37. The average molecular weight is 285 g/mol. The van der Waals surface area contributed by atoms with E-state index >= 15 is 0 Å². The van der Waals surface area contributed by atoms with E-state index < -0.39 is 12.1 Å². The number of aliphatic carboxylic acids is 1. The summed E-state index contributed by atoms with van der Waals surface area (Å²) in [5.41, 5.74) is 1.97. The summed E-state index contributed by atoms with van der Waals surface area (Å²) < 4.78 is 14.4. The molecule has 0 radical (unpaired) electrons. The maximum Gasteiger partial charge on any atom is 0.343 e. The molecule has 1 atom stereocenters. The molecule has 1 aliphatic rings. The summed E-state index contributed by atoms with van der Waals surface area (Å²) in [7, 11) is 0. The van der Waals surface area contributed by atoms with Crippen LogP contribution in [0.25, 0.3) is 5.57 Å². The number of fused-ring (bicyclic) bond motifs is 1. The summed E-state index contributed by atoms with van der Waals surface area (Å²) in [5.74, 6) is -1.43. The molecule has 0 aliphatic heterocycles. The third-order valence-electron chi connectivity index (χ3n) is 2.68. The van der Waals surface area contributed by atoms with Crippen LogP contribution < -0.4 is 0 Å². The third kappa shape index (κ3) is 1.89. The predicted octanol–water partition coefficient (Wildman–Crippen LogP) is 3.20. The predicted molar refractivity (Wildman–Crippen MR) is 63.0 cm³/mol. The second-order valence-corrected chi connectivity index (χ2v) is 4.52. The molecule has 2 nitrogen and oxygen atoms in total. The van der Waals surface area contributed by atoms with Crippen molar-refractivity contribution >= 4 is 27.5 Å². The highest BCUT2D eigenvalue weighted by Gasteiger charge is 2.26. The molecule has 1 unspecified atom stereocenters. The van der Waals surface area contributed by atoms with Crippen molar-refractivity contribution in [2.75, 3.05) is 0 Å². The van der Waals surface area contributed by atoms with Crippen molar-refractivity contribution in [2.24, 2.45) is 0 Å². The Bertz CT molecular complexity index is 468. The fourth-order valence-corrected chi connectivity index (χ4v) is 2.50. The standard InChI is InChI=1S/C12H10BrFO2/c13-10-6-2-3-7-8(10)4-1-5-9(7)11(14)12(15)16/h2-3,5-6,11H,1,4H2,(H,15,16). The topological polar surface area (TPSA) is 37.3 Å². The molecule has 84 valence electrons. The molecule has 2 rings (SSSR count). The summed E-state index contributed by atoms with van der Waals surface area (Å²) in [6.45, 7) is 0. The Morgan fingerprint density at radius 1 is 1.50 bits per heavy atom. The first-order chi connectivity index (χ1) is 7.61. The van der Waals surface area contributed by atoms with Gasteiger partial charge in [0.1, 0.15) is 0 Å². The van der Waals surface area contributed by atoms with Crippen molar-refractivity contribution in [1.29, 1.82) is 0 Å². The Labute approximate surface area is 101 Å². The minimum atomic E-state index is -1.94. The summed E-state index contributed by atoms with van der Waals surface area (Å²) >= 11 is 3.40. The monoisotopic (exact) mass is 284 g/mol. The summed E-state index contributed by atoms with van der Waals surface area (Å²) in [4.78, 5) is 10.7. The minimum absolute atomic E-state index is 0.273. The van der Waals surface area contributed by atoms with Crippen LogP contribution in [0.1, 0.15) is 17.5 Å². The zero-order chi connectivity index (χ0) is 11.7. The number of rotatable bonds is 2. The third-order valence-corrected chi connectivity index (χ3v) is 3.42. The molecular weight excluding hydrogens is 275 g/mol. The van der Waals surface area contributed by atoms with Crippen molar-refractivity contribution in [2.45, 2.75) is 19.0 Å². The molecule has 1 aliphatic carbocycles. The van der Waals surface area contributed by atoms with Gasteiger partial charge in [-0.05, 0) is 30.0 Å². The number of carboxylic acid groups (broad SMARTS) is 1. The molecule has 0 aromatic heterocycles. The lowest BCUT2D eigenvalue weighted by Crippen LogP contribution is -2.19. The van der Waals surface area contributed by atoms with Crippen molar-refractivity contribution in [1.82, 2.24) is 0 Å². The average Bonchev–Trinajstić information content (AvgIpc) is 2.28. The molecule has 1 N–H and O–H groups in total. The van der Waals surface area contributed by atoms with Gasteiger partial charge in [0.2, 0.25) is 6.17 Å². The highest BCUT2D eigenvalue weighted by molar-refractivity contribution is 9.10. The molecule has 0 fully saturated rings. The van der Waals surface area contributed by atoms with Gasteiger partial charge in [-0.25, -0.2) is 9.18 Å². The van der Waals surface area contributed by atoms with Crippen molar-refractivity contribution < 1.29 is 14.3 Å². The van der Waals surface area contributed by atoms with Crippen LogP contribution >= 0.6 is 15.9 Å². The van der Waals surface area contributed by atoms with E-state index in [0.29, 0.717) is 12.0 Å². The fourth-order valence-electron chi connectivity index (χ4n) is 1.94. The van der Waals surface area contributed by atoms with E-state index in [9.17, 15) is 9.18 Å². The van der Waals surface area contributed by atoms with Gasteiger partial charge in [-0.2, -0.15) is 0 Å². The highest BCUT2D eigenvalue weighted by Crippen LogP contribution is 2.34. The number of hydrogen-bond acceptors (Lipinski definition) is 1. The summed E-state index contributed by atoms with van der Waals surface area (Å²) in [6, 6.07) is 5.44. The number of halogens is 2. The normalized spacial score (nSPS) is 16.2. The molecule has 16 heavy (non-hydrogen) atoms. The maximum atomic E-state index is 13.5. The number of benzene rings is 1. The van der Waals surface area contributed by atoms with E-state index in [0.717, 1.165) is 16.5 Å². The van der Waals surface area contributed by atoms with Crippen molar-refractivity contribution in [3.8, 4) is 0 Å². The quantitative estimate of drug-likeness (QED) is 0.906. The van der Waals surface area contributed by atoms with Crippen LogP contribution in [0.3, 0.4) is 0 Å². The molecule has 0 bridgehead atoms. The Kier molecular flexibility index (Phi) is 3.10. The summed E-state index contributed by atoms with van der Waals surface area (Å²) in [5, 5.41) is 8.70. The minimum Gasteiger partial charge on any atom is -0.479 e. The molecule has 0 heterocycles. The summed E-state index contributed by atoms with van der Waals surface area (Å²) in [6.07, 6.45) is 1.23. The molecule has 0 amide bonds. The van der Waals surface area contributed by atoms with E-state index in [1.54, 1.807) is 18.2 Å². The van der Waals surface area contributed by atoms with Crippen LogP contribution in [-0.4, -0.2) is 17.2 Å². The van der Waals surface area contributed by atoms with Crippen LogP contribution in [0.15, 0.2) is 28.7 Å². The van der Waals surface area contributed by atoms with E-state index in [1.807, 2.05) is 6.07 Å². The van der Waals surface area contributed by atoms with Crippen LogP contribution in [-0.2, 0) is 11.2 Å². The maximum absolute atomic E-state index is 13.5. The van der Waals surface area contributed by atoms with E-state index in [-0.39, 0.29) is 5.57 Å². The molecule has 0 spiro atoms. The fraction of sp³-hybridized carbons (Fsp3) is 0.250. The largest absolute Gasteiger partial charge is 0.479 e. The number of carbonyl (C=O) groups is 1. The Balaban J connectivity index is 2.49. The van der Waals surface area contributed by atoms with E-state index in [2.05, 4.69) is 15.9 Å². The number of alkyl halides is 1. The Morgan fingerprint density at radius 3 is 2.94 bits per heavy atom. The van der Waals surface area contributed by atoms with E-state index in [4.69, 9.17) is 5.11 Å². The first-order valence-electron chi connectivity index (χ1n) is 4.96. The lowest BCUT2D eigenvalue weighted by Gasteiger charge is -2.19. The molecular formula is C12H10BrFO2. The van der Waals surface area contributed by atoms with Gasteiger partial charge in [-0.1, -0.05) is 34.1 Å². The molecule has 0 saturated heterocycles. The van der Waals surface area contributed by atoms with Gasteiger partial charge < -0.3 is 5.11 Å². The number of carboxylic acids is 1. The first kappa shape index (κ1) is 11.3. The van der Waals surface area contributed by atoms with Crippen LogP contribution in [0.5, 0.6) is 0 Å². The van der Waals surface area contributed by atoms with Gasteiger partial charge in [0.25, 0.3) is 0 Å². The van der Waals surface area contributed by atoms with Gasteiger partial charge >= 0.3 is 5.97 Å². The zero-order valence-corrected chi connectivity index (χ0v) is 10.00. The van der Waals surface area contributed by atoms with Gasteiger partial charge in [0.15, 0.2) is 0 Å². The Hall–Kier alpha value is -1.16. The highest BCUT2D eigenvalue weighted by atomic mass is 79.9. The Morgan fingerprint density at radius 2 is 2.25 bits per heavy atom. The number of hydrogen-bond donors (Lipinski definition) is 1. The number of allylic oxidation sites excluding steroid dienone is 1. The van der Waals surface area contributed by atoms with Gasteiger partial charge in [0.05, 0.1) is 0 Å². The van der Waals surface area contributed by atoms with Crippen molar-refractivity contribution in [3.05, 3.63) is 39.9 Å². The van der Waals surface area contributed by atoms with E-state index in [1.165, 1.54) is 0 Å². The smallest absolute Gasteiger partial charge is 0.343 e. The van der Waals surface area contributed by atoms with Gasteiger partial charge in [0, 0.05) is 10.0 Å². The first-order valence-corrected chi connectivity index (χ1v) is 5.75. The lowest BCUT2D eigenvalue weighted by molar-refractivity contribution is -0.140. The molecule has 4 heteroatoms. The van der Waals surface area contributed by atoms with Gasteiger partial charge in [-0.3, -0.25) is 0 Å². The molecule has 1 aromatic carbocycles. The SMILES string of the molecule is O=C(O)C(F)C1=CCCc2c(Br)cccc21.